The van der Waals surface area contributed by atoms with Crippen molar-refractivity contribution in [2.24, 2.45) is 0 Å². The summed E-state index contributed by atoms with van der Waals surface area (Å²) in [6.07, 6.45) is 6.41. The predicted octanol–water partition coefficient (Wildman–Crippen LogP) is 5.09. The highest BCUT2D eigenvalue weighted by Crippen LogP contribution is 2.28. The molecule has 6 nitrogen and oxygen atoms in total. The second-order valence-electron chi connectivity index (χ2n) is 9.51. The summed E-state index contributed by atoms with van der Waals surface area (Å²) >= 11 is 5.56. The van der Waals surface area contributed by atoms with Crippen LogP contribution in [0.25, 0.3) is 0 Å². The Bertz CT molecular complexity index is 1180. The lowest BCUT2D eigenvalue weighted by molar-refractivity contribution is 0.573. The van der Waals surface area contributed by atoms with Crippen LogP contribution < -0.4 is 20.4 Å². The zero-order valence-corrected chi connectivity index (χ0v) is 21.4. The first-order chi connectivity index (χ1) is 17.6. The molecule has 3 heterocycles. The van der Waals surface area contributed by atoms with Gasteiger partial charge in [0.25, 0.3) is 0 Å². The average Bonchev–Trinajstić information content (AvgIpc) is 2.92. The van der Waals surface area contributed by atoms with E-state index in [-0.39, 0.29) is 5.82 Å². The number of rotatable bonds is 7. The van der Waals surface area contributed by atoms with E-state index in [1.807, 2.05) is 12.1 Å². The molecule has 36 heavy (non-hydrogen) atoms. The van der Waals surface area contributed by atoms with Gasteiger partial charge in [0.1, 0.15) is 17.5 Å². The Labute approximate surface area is 217 Å². The van der Waals surface area contributed by atoms with Crippen LogP contribution in [0.4, 0.5) is 22.0 Å². The third kappa shape index (κ3) is 6.29. The maximum Gasteiger partial charge on any atom is 0.232 e. The van der Waals surface area contributed by atoms with E-state index in [9.17, 15) is 4.39 Å². The molecule has 0 amide bonds. The molecule has 1 fully saturated rings. The van der Waals surface area contributed by atoms with Gasteiger partial charge in [-0.15, -0.1) is 0 Å². The number of benzene rings is 2. The maximum absolute atomic E-state index is 13.1. The van der Waals surface area contributed by atoms with Gasteiger partial charge in [0.2, 0.25) is 5.95 Å². The Morgan fingerprint density at radius 2 is 1.61 bits per heavy atom. The molecule has 0 spiro atoms. The lowest BCUT2D eigenvalue weighted by Gasteiger charge is -2.32. The van der Waals surface area contributed by atoms with Crippen molar-refractivity contribution in [2.75, 3.05) is 41.3 Å². The zero-order valence-electron chi connectivity index (χ0n) is 20.5. The molecule has 0 saturated carbocycles. The first-order valence-corrected chi connectivity index (χ1v) is 13.3. The number of anilines is 3. The summed E-state index contributed by atoms with van der Waals surface area (Å²) in [5.41, 5.74) is 3.89. The summed E-state index contributed by atoms with van der Waals surface area (Å²) in [6.45, 7) is 4.53. The highest BCUT2D eigenvalue weighted by atomic mass is 32.1. The minimum atomic E-state index is -0.206. The van der Waals surface area contributed by atoms with Crippen molar-refractivity contribution in [3.05, 3.63) is 77.1 Å². The summed E-state index contributed by atoms with van der Waals surface area (Å²) in [4.78, 5) is 14.4. The summed E-state index contributed by atoms with van der Waals surface area (Å²) in [6, 6.07) is 17.4. The van der Waals surface area contributed by atoms with Crippen LogP contribution in [0.2, 0.25) is 0 Å². The third-order valence-corrected chi connectivity index (χ3v) is 7.15. The number of hydrogen-bond acceptors (Lipinski definition) is 5. The minimum absolute atomic E-state index is 0.206. The first-order valence-electron chi connectivity index (χ1n) is 12.9. The van der Waals surface area contributed by atoms with E-state index in [2.05, 4.69) is 50.8 Å². The van der Waals surface area contributed by atoms with E-state index >= 15 is 0 Å². The van der Waals surface area contributed by atoms with Crippen molar-refractivity contribution >= 4 is 34.9 Å². The Kier molecular flexibility index (Phi) is 7.91. The molecule has 2 aliphatic heterocycles. The number of halogens is 1. The molecule has 0 radical (unpaired) electrons. The standard InChI is InChI=1S/C28H33FN6S/c29-24-12-10-21(11-13-24)7-6-15-30-28(36)33-27-31-25(34-16-4-1-5-17-34)19-26(32-27)35-18-14-22-8-2-3-9-23(22)20-35/h2-3,8-13,19H,1,4-7,14-18,20H2,(H2,30,31,32,33,36). The van der Waals surface area contributed by atoms with E-state index in [1.165, 1.54) is 42.5 Å². The van der Waals surface area contributed by atoms with Gasteiger partial charge in [-0.05, 0) is 79.6 Å². The fourth-order valence-corrected chi connectivity index (χ4v) is 5.10. The summed E-state index contributed by atoms with van der Waals surface area (Å²) < 4.78 is 13.1. The maximum atomic E-state index is 13.1. The largest absolute Gasteiger partial charge is 0.362 e. The second kappa shape index (κ2) is 11.6. The molecule has 0 atom stereocenters. The second-order valence-corrected chi connectivity index (χ2v) is 9.92. The average molecular weight is 505 g/mol. The van der Waals surface area contributed by atoms with Gasteiger partial charge in [0, 0.05) is 38.8 Å². The lowest BCUT2D eigenvalue weighted by Crippen LogP contribution is -2.34. The van der Waals surface area contributed by atoms with Gasteiger partial charge in [0.15, 0.2) is 5.11 Å². The Morgan fingerprint density at radius 1 is 0.889 bits per heavy atom. The predicted molar refractivity (Wildman–Crippen MR) is 148 cm³/mol. The van der Waals surface area contributed by atoms with Gasteiger partial charge in [-0.25, -0.2) is 4.39 Å². The molecule has 2 N–H and O–H groups in total. The first kappa shape index (κ1) is 24.4. The van der Waals surface area contributed by atoms with Crippen LogP contribution in [0.1, 0.15) is 42.4 Å². The van der Waals surface area contributed by atoms with E-state index in [4.69, 9.17) is 22.2 Å². The van der Waals surface area contributed by atoms with Crippen molar-refractivity contribution in [1.29, 1.82) is 0 Å². The van der Waals surface area contributed by atoms with Gasteiger partial charge in [-0.1, -0.05) is 36.4 Å². The van der Waals surface area contributed by atoms with Crippen molar-refractivity contribution in [2.45, 2.75) is 45.1 Å². The molecule has 0 unspecified atom stereocenters. The van der Waals surface area contributed by atoms with Gasteiger partial charge in [-0.3, -0.25) is 0 Å². The summed E-state index contributed by atoms with van der Waals surface area (Å²) in [7, 11) is 0. The zero-order chi connectivity index (χ0) is 24.7. The molecule has 5 rings (SSSR count). The van der Waals surface area contributed by atoms with Crippen LogP contribution in [-0.2, 0) is 19.4 Å². The number of piperidine rings is 1. The molecular weight excluding hydrogens is 471 g/mol. The molecule has 2 aromatic carbocycles. The van der Waals surface area contributed by atoms with Crippen LogP contribution in [0.5, 0.6) is 0 Å². The number of aryl methyl sites for hydroxylation is 1. The van der Waals surface area contributed by atoms with Crippen LogP contribution in [0.15, 0.2) is 54.6 Å². The summed E-state index contributed by atoms with van der Waals surface area (Å²) in [5.74, 6) is 2.21. The van der Waals surface area contributed by atoms with Crippen LogP contribution in [-0.4, -0.2) is 41.3 Å². The van der Waals surface area contributed by atoms with Gasteiger partial charge < -0.3 is 20.4 Å². The van der Waals surface area contributed by atoms with E-state index in [0.717, 1.165) is 62.6 Å². The highest BCUT2D eigenvalue weighted by molar-refractivity contribution is 7.80. The van der Waals surface area contributed by atoms with Crippen molar-refractivity contribution in [1.82, 2.24) is 15.3 Å². The van der Waals surface area contributed by atoms with E-state index in [0.29, 0.717) is 17.6 Å². The number of hydrogen-bond donors (Lipinski definition) is 2. The van der Waals surface area contributed by atoms with Gasteiger partial charge in [0.05, 0.1) is 0 Å². The van der Waals surface area contributed by atoms with Crippen LogP contribution in [0.3, 0.4) is 0 Å². The number of nitrogens with one attached hydrogen (secondary N) is 2. The van der Waals surface area contributed by atoms with E-state index in [1.54, 1.807) is 0 Å². The number of aromatic nitrogens is 2. The number of fused-ring (bicyclic) bond motifs is 1. The number of thiocarbonyl (C=S) groups is 1. The van der Waals surface area contributed by atoms with Crippen molar-refractivity contribution < 1.29 is 4.39 Å². The number of nitrogens with zero attached hydrogens (tertiary/aromatic N) is 4. The molecule has 0 aliphatic carbocycles. The van der Waals surface area contributed by atoms with Crippen molar-refractivity contribution in [3.8, 4) is 0 Å². The summed E-state index contributed by atoms with van der Waals surface area (Å²) in [5, 5.41) is 7.00. The molecule has 1 saturated heterocycles. The Morgan fingerprint density at radius 3 is 2.39 bits per heavy atom. The molecule has 0 bridgehead atoms. The smallest absolute Gasteiger partial charge is 0.232 e. The molecule has 188 valence electrons. The van der Waals surface area contributed by atoms with Crippen LogP contribution >= 0.6 is 12.2 Å². The minimum Gasteiger partial charge on any atom is -0.362 e. The monoisotopic (exact) mass is 504 g/mol. The molecule has 3 aromatic rings. The third-order valence-electron chi connectivity index (χ3n) is 6.90. The topological polar surface area (TPSA) is 56.3 Å². The molecule has 8 heteroatoms. The quantitative estimate of drug-likeness (QED) is 0.343. The SMILES string of the molecule is Fc1ccc(CCCNC(=S)Nc2nc(N3CCCCC3)cc(N3CCc4ccccc4C3)n2)cc1. The highest BCUT2D eigenvalue weighted by Gasteiger charge is 2.21. The Balaban J connectivity index is 1.25. The fourth-order valence-electron chi connectivity index (χ4n) is 4.91. The van der Waals surface area contributed by atoms with Gasteiger partial charge >= 0.3 is 0 Å². The van der Waals surface area contributed by atoms with Crippen molar-refractivity contribution in [3.63, 3.8) is 0 Å². The molecular formula is C28H33FN6S. The fraction of sp³-hybridized carbons (Fsp3) is 0.393. The van der Waals surface area contributed by atoms with E-state index < -0.39 is 0 Å². The van der Waals surface area contributed by atoms with Gasteiger partial charge in [-0.2, -0.15) is 9.97 Å². The lowest BCUT2D eigenvalue weighted by atomic mass is 10.00. The molecule has 1 aromatic heterocycles. The van der Waals surface area contributed by atoms with Crippen LogP contribution in [0, 0.1) is 5.82 Å². The normalized spacial score (nSPS) is 15.4. The molecule has 2 aliphatic rings. The Hall–Kier alpha value is -3.26.